The Hall–Kier alpha value is -3.18. The standard InChI is InChI=1S/C25H33FN6O/c1-4-13-28-23-19(16-29-25(32-23)31-22-10-6-8-20(26)15-22)12-11-18-7-5-9-21(14-18)30-24(33)17(2)27-3/h6,8,10,15-18,21,27H,4-5,7,9,13-14H2,1-3H3,(H,30,33)(H2,28,29,31,32)/t17-,18?,21?/m0/s1. The summed E-state index contributed by atoms with van der Waals surface area (Å²) in [7, 11) is 1.78. The molecule has 1 aliphatic rings. The molecule has 1 heterocycles. The van der Waals surface area contributed by atoms with E-state index in [1.807, 2.05) is 6.92 Å². The highest BCUT2D eigenvalue weighted by Crippen LogP contribution is 2.24. The SMILES string of the molecule is CCCNc1nc(Nc2cccc(F)c2)ncc1C#CC1CCCC(NC(=O)[C@H](C)NC)C1. The Morgan fingerprint density at radius 3 is 2.94 bits per heavy atom. The molecule has 33 heavy (non-hydrogen) atoms. The van der Waals surface area contributed by atoms with Gasteiger partial charge in [0.2, 0.25) is 11.9 Å². The number of hydrogen-bond acceptors (Lipinski definition) is 6. The van der Waals surface area contributed by atoms with Crippen LogP contribution in [0.25, 0.3) is 0 Å². The first-order valence-electron chi connectivity index (χ1n) is 11.6. The van der Waals surface area contributed by atoms with Crippen molar-refractivity contribution in [2.75, 3.05) is 24.2 Å². The summed E-state index contributed by atoms with van der Waals surface area (Å²) in [6.45, 7) is 4.69. The zero-order chi connectivity index (χ0) is 23.6. The highest BCUT2D eigenvalue weighted by molar-refractivity contribution is 5.81. The van der Waals surface area contributed by atoms with Crippen molar-refractivity contribution < 1.29 is 9.18 Å². The van der Waals surface area contributed by atoms with Crippen LogP contribution in [0.1, 0.15) is 51.5 Å². The highest BCUT2D eigenvalue weighted by Gasteiger charge is 2.23. The van der Waals surface area contributed by atoms with Crippen molar-refractivity contribution in [1.82, 2.24) is 20.6 Å². The van der Waals surface area contributed by atoms with E-state index < -0.39 is 0 Å². The lowest BCUT2D eigenvalue weighted by Gasteiger charge is -2.28. The van der Waals surface area contributed by atoms with Crippen LogP contribution in [0.3, 0.4) is 0 Å². The van der Waals surface area contributed by atoms with Gasteiger partial charge < -0.3 is 21.3 Å². The van der Waals surface area contributed by atoms with E-state index in [1.54, 1.807) is 25.4 Å². The van der Waals surface area contributed by atoms with Crippen LogP contribution in [-0.2, 0) is 4.79 Å². The van der Waals surface area contributed by atoms with E-state index >= 15 is 0 Å². The second-order valence-electron chi connectivity index (χ2n) is 8.37. The summed E-state index contributed by atoms with van der Waals surface area (Å²) in [6, 6.07) is 6.11. The van der Waals surface area contributed by atoms with Crippen LogP contribution in [0.4, 0.5) is 21.8 Å². The zero-order valence-corrected chi connectivity index (χ0v) is 19.5. The van der Waals surface area contributed by atoms with Crippen LogP contribution in [0.15, 0.2) is 30.5 Å². The Kier molecular flexibility index (Phi) is 9.02. The number of likely N-dealkylation sites (N-methyl/N-ethyl adjacent to an activating group) is 1. The maximum atomic E-state index is 13.5. The van der Waals surface area contributed by atoms with Gasteiger partial charge in [-0.2, -0.15) is 4.98 Å². The molecule has 3 rings (SSSR count). The van der Waals surface area contributed by atoms with Gasteiger partial charge in [-0.25, -0.2) is 9.37 Å². The van der Waals surface area contributed by atoms with Crippen LogP contribution in [-0.4, -0.2) is 41.6 Å². The number of carbonyl (C=O) groups is 1. The molecule has 176 valence electrons. The average Bonchev–Trinajstić information content (AvgIpc) is 2.81. The Balaban J connectivity index is 1.71. The number of hydrogen-bond donors (Lipinski definition) is 4. The van der Waals surface area contributed by atoms with Gasteiger partial charge in [0.25, 0.3) is 0 Å². The summed E-state index contributed by atoms with van der Waals surface area (Å²) >= 11 is 0. The van der Waals surface area contributed by atoms with Crippen molar-refractivity contribution in [3.05, 3.63) is 41.8 Å². The fourth-order valence-corrected chi connectivity index (χ4v) is 3.70. The number of benzene rings is 1. The van der Waals surface area contributed by atoms with Crippen molar-refractivity contribution >= 4 is 23.4 Å². The van der Waals surface area contributed by atoms with Gasteiger partial charge in [-0.15, -0.1) is 0 Å². The van der Waals surface area contributed by atoms with Crippen molar-refractivity contribution in [2.24, 2.45) is 5.92 Å². The van der Waals surface area contributed by atoms with Crippen molar-refractivity contribution in [2.45, 2.75) is 58.0 Å². The van der Waals surface area contributed by atoms with Crippen molar-refractivity contribution in [3.8, 4) is 11.8 Å². The third-order valence-corrected chi connectivity index (χ3v) is 5.67. The normalized spacial score (nSPS) is 18.5. The molecule has 0 aliphatic heterocycles. The lowest BCUT2D eigenvalue weighted by atomic mass is 9.86. The molecule has 1 aromatic heterocycles. The van der Waals surface area contributed by atoms with Crippen LogP contribution >= 0.6 is 0 Å². The van der Waals surface area contributed by atoms with Gasteiger partial charge in [0.1, 0.15) is 11.6 Å². The average molecular weight is 453 g/mol. The molecule has 1 aliphatic carbocycles. The first-order valence-corrected chi connectivity index (χ1v) is 11.6. The lowest BCUT2D eigenvalue weighted by Crippen LogP contribution is -2.46. The minimum atomic E-state index is -0.325. The van der Waals surface area contributed by atoms with Crippen LogP contribution in [0.5, 0.6) is 0 Å². The zero-order valence-electron chi connectivity index (χ0n) is 19.5. The smallest absolute Gasteiger partial charge is 0.237 e. The second kappa shape index (κ2) is 12.2. The molecule has 0 radical (unpaired) electrons. The summed E-state index contributed by atoms with van der Waals surface area (Å²) in [5, 5.41) is 12.5. The quantitative estimate of drug-likeness (QED) is 0.455. The van der Waals surface area contributed by atoms with Crippen LogP contribution in [0, 0.1) is 23.6 Å². The van der Waals surface area contributed by atoms with Gasteiger partial charge in [-0.05, 0) is 57.9 Å². The van der Waals surface area contributed by atoms with Gasteiger partial charge in [0.15, 0.2) is 0 Å². The molecule has 0 bridgehead atoms. The molecule has 8 heteroatoms. The number of amides is 1. The van der Waals surface area contributed by atoms with Gasteiger partial charge in [-0.3, -0.25) is 4.79 Å². The molecule has 0 saturated heterocycles. The van der Waals surface area contributed by atoms with Gasteiger partial charge in [0.05, 0.1) is 17.8 Å². The van der Waals surface area contributed by atoms with Crippen LogP contribution in [0.2, 0.25) is 0 Å². The van der Waals surface area contributed by atoms with Crippen molar-refractivity contribution in [1.29, 1.82) is 0 Å². The summed E-state index contributed by atoms with van der Waals surface area (Å²) in [5.74, 6) is 7.56. The minimum absolute atomic E-state index is 0.0250. The monoisotopic (exact) mass is 452 g/mol. The second-order valence-corrected chi connectivity index (χ2v) is 8.37. The van der Waals surface area contributed by atoms with E-state index in [-0.39, 0.29) is 29.7 Å². The van der Waals surface area contributed by atoms with Crippen molar-refractivity contribution in [3.63, 3.8) is 0 Å². The number of rotatable bonds is 8. The molecule has 3 atom stereocenters. The topological polar surface area (TPSA) is 91.0 Å². The molecule has 1 aromatic carbocycles. The molecule has 1 saturated carbocycles. The molecular weight excluding hydrogens is 419 g/mol. The molecule has 2 unspecified atom stereocenters. The van der Waals surface area contributed by atoms with E-state index in [4.69, 9.17) is 0 Å². The summed E-state index contributed by atoms with van der Waals surface area (Å²) in [5.41, 5.74) is 1.31. The first-order chi connectivity index (χ1) is 16.0. The van der Waals surface area contributed by atoms with E-state index in [0.717, 1.165) is 44.2 Å². The maximum absolute atomic E-state index is 13.5. The summed E-state index contributed by atoms with van der Waals surface area (Å²) in [4.78, 5) is 21.1. The predicted octanol–water partition coefficient (Wildman–Crippen LogP) is 3.82. The third kappa shape index (κ3) is 7.43. The van der Waals surface area contributed by atoms with E-state index in [0.29, 0.717) is 17.5 Å². The fourth-order valence-electron chi connectivity index (χ4n) is 3.70. The Bertz CT molecular complexity index is 1000. The van der Waals surface area contributed by atoms with Gasteiger partial charge in [-0.1, -0.05) is 31.3 Å². The summed E-state index contributed by atoms with van der Waals surface area (Å²) in [6.07, 6.45) is 6.50. The molecule has 7 nitrogen and oxygen atoms in total. The Labute approximate surface area is 195 Å². The van der Waals surface area contributed by atoms with E-state index in [2.05, 4.69) is 50.0 Å². The third-order valence-electron chi connectivity index (χ3n) is 5.67. The number of nitrogens with one attached hydrogen (secondary N) is 4. The molecular formula is C25H33FN6O. The first kappa shape index (κ1) is 24.5. The number of anilines is 3. The number of halogens is 1. The Morgan fingerprint density at radius 2 is 2.18 bits per heavy atom. The predicted molar refractivity (Wildman–Crippen MR) is 130 cm³/mol. The molecule has 1 amide bonds. The molecule has 1 fully saturated rings. The number of nitrogens with zero attached hydrogens (tertiary/aromatic N) is 2. The van der Waals surface area contributed by atoms with Gasteiger partial charge in [0, 0.05) is 24.2 Å². The maximum Gasteiger partial charge on any atom is 0.237 e. The van der Waals surface area contributed by atoms with Gasteiger partial charge >= 0.3 is 0 Å². The number of aromatic nitrogens is 2. The highest BCUT2D eigenvalue weighted by atomic mass is 19.1. The van der Waals surface area contributed by atoms with Crippen LogP contribution < -0.4 is 21.3 Å². The molecule has 4 N–H and O–H groups in total. The minimum Gasteiger partial charge on any atom is -0.369 e. The van der Waals surface area contributed by atoms with E-state index in [1.165, 1.54) is 12.1 Å². The number of carbonyl (C=O) groups excluding carboxylic acids is 1. The lowest BCUT2D eigenvalue weighted by molar-refractivity contribution is -0.123. The Morgan fingerprint density at radius 1 is 1.33 bits per heavy atom. The fraction of sp³-hybridized carbons (Fsp3) is 0.480. The summed E-state index contributed by atoms with van der Waals surface area (Å²) < 4.78 is 13.5. The molecule has 2 aromatic rings. The van der Waals surface area contributed by atoms with E-state index in [9.17, 15) is 9.18 Å². The largest absolute Gasteiger partial charge is 0.369 e. The molecule has 0 spiro atoms.